The van der Waals surface area contributed by atoms with Gasteiger partial charge in [-0.2, -0.15) is 18.3 Å². The number of nitrogens with one attached hydrogen (secondary N) is 3. The van der Waals surface area contributed by atoms with Crippen molar-refractivity contribution in [2.45, 2.75) is 26.4 Å². The van der Waals surface area contributed by atoms with Crippen molar-refractivity contribution in [3.8, 4) is 11.3 Å². The maximum Gasteiger partial charge on any atom is 0.416 e. The molecule has 42 heavy (non-hydrogen) atoms. The van der Waals surface area contributed by atoms with Gasteiger partial charge in [-0.25, -0.2) is 9.49 Å². The van der Waals surface area contributed by atoms with E-state index in [2.05, 4.69) is 30.6 Å². The van der Waals surface area contributed by atoms with Gasteiger partial charge in [0, 0.05) is 49.2 Å². The van der Waals surface area contributed by atoms with Crippen LogP contribution in [-0.2, 0) is 6.18 Å². The molecule has 0 bridgehead atoms. The number of nitrogens with zero attached hydrogens (tertiary/aromatic N) is 3. The Morgan fingerprint density at radius 1 is 1.05 bits per heavy atom. The second-order valence-corrected chi connectivity index (χ2v) is 10.2. The van der Waals surface area contributed by atoms with Crippen molar-refractivity contribution in [2.75, 3.05) is 44.4 Å². The number of benzene rings is 2. The number of amides is 1. The van der Waals surface area contributed by atoms with Crippen molar-refractivity contribution in [1.82, 2.24) is 20.0 Å². The summed E-state index contributed by atoms with van der Waals surface area (Å²) in [5, 5.41) is 12.2. The fraction of sp³-hybridized carbons (Fsp3) is 0.300. The van der Waals surface area contributed by atoms with Crippen molar-refractivity contribution in [1.29, 1.82) is 0 Å². The number of H-pyrrole nitrogens is 1. The minimum Gasteiger partial charge on any atom is -0.375 e. The lowest BCUT2D eigenvalue weighted by Gasteiger charge is -2.34. The minimum atomic E-state index is -4.54. The number of carbonyl (C=O) groups is 1. The quantitative estimate of drug-likeness (QED) is 0.309. The second-order valence-electron chi connectivity index (χ2n) is 10.2. The van der Waals surface area contributed by atoms with Gasteiger partial charge in [-0.05, 0) is 75.0 Å². The van der Waals surface area contributed by atoms with Gasteiger partial charge >= 0.3 is 6.18 Å². The topological polar surface area (TPSA) is 93.4 Å². The highest BCUT2D eigenvalue weighted by molar-refractivity contribution is 6.04. The molecule has 1 aliphatic heterocycles. The molecule has 0 radical (unpaired) electrons. The van der Waals surface area contributed by atoms with Crippen LogP contribution in [0.1, 0.15) is 36.2 Å². The second kappa shape index (κ2) is 12.6. The molecule has 3 aromatic rings. The van der Waals surface area contributed by atoms with Crippen LogP contribution < -0.4 is 16.2 Å². The van der Waals surface area contributed by atoms with Crippen molar-refractivity contribution in [3.05, 3.63) is 98.9 Å². The Labute approximate surface area is 240 Å². The number of alkyl halides is 3. The molecule has 0 spiro atoms. The summed E-state index contributed by atoms with van der Waals surface area (Å²) in [6.45, 7) is 6.59. The van der Waals surface area contributed by atoms with Crippen molar-refractivity contribution in [2.24, 2.45) is 0 Å². The van der Waals surface area contributed by atoms with E-state index in [1.807, 2.05) is 34.0 Å². The van der Waals surface area contributed by atoms with Crippen LogP contribution in [0.25, 0.3) is 11.3 Å². The smallest absolute Gasteiger partial charge is 0.375 e. The first kappa shape index (κ1) is 30.5. The van der Waals surface area contributed by atoms with E-state index in [4.69, 9.17) is 0 Å². The van der Waals surface area contributed by atoms with Gasteiger partial charge in [-0.3, -0.25) is 14.5 Å². The zero-order chi connectivity index (χ0) is 30.6. The third-order valence-corrected chi connectivity index (χ3v) is 7.10. The van der Waals surface area contributed by atoms with Gasteiger partial charge < -0.3 is 15.5 Å². The van der Waals surface area contributed by atoms with Gasteiger partial charge in [-0.15, -0.1) is 0 Å². The summed E-state index contributed by atoms with van der Waals surface area (Å²) in [7, 11) is 4.07. The van der Waals surface area contributed by atoms with Gasteiger partial charge in [0.15, 0.2) is 0 Å². The average molecular weight is 585 g/mol. The highest BCUT2D eigenvalue weighted by Gasteiger charge is 2.30. The maximum atomic E-state index is 14.6. The molecule has 3 N–H and O–H groups in total. The SMILES string of the molecule is CCC(C)=C(/C=C1/CN(C)CCN1C)Nc1cc(-c2ccc(F)c(NC(=O)c3ccc(C(F)(F)F)cc3)c2)n[nH]c1=O. The Kier molecular flexibility index (Phi) is 9.15. The number of allylic oxidation sites excluding steroid dienone is 2. The maximum absolute atomic E-state index is 14.6. The van der Waals surface area contributed by atoms with E-state index < -0.39 is 29.0 Å². The van der Waals surface area contributed by atoms with Gasteiger partial charge in [0.2, 0.25) is 0 Å². The number of rotatable bonds is 7. The van der Waals surface area contributed by atoms with Crippen LogP contribution >= 0.6 is 0 Å². The predicted molar refractivity (Wildman–Crippen MR) is 154 cm³/mol. The van der Waals surface area contributed by atoms with Crippen LogP contribution in [0, 0.1) is 5.82 Å². The Bertz CT molecular complexity index is 1580. The van der Waals surface area contributed by atoms with Crippen LogP contribution in [-0.4, -0.2) is 59.6 Å². The fourth-order valence-electron chi connectivity index (χ4n) is 4.30. The monoisotopic (exact) mass is 584 g/mol. The highest BCUT2D eigenvalue weighted by Crippen LogP contribution is 2.30. The molecule has 0 saturated carbocycles. The van der Waals surface area contributed by atoms with Gasteiger partial charge in [0.05, 0.1) is 16.9 Å². The molecule has 1 amide bonds. The number of hydrogen-bond acceptors (Lipinski definition) is 6. The van der Waals surface area contributed by atoms with Crippen molar-refractivity contribution >= 4 is 17.3 Å². The molecule has 4 rings (SSSR count). The Hall–Kier alpha value is -4.45. The van der Waals surface area contributed by atoms with E-state index >= 15 is 0 Å². The summed E-state index contributed by atoms with van der Waals surface area (Å²) < 4.78 is 53.2. The van der Waals surface area contributed by atoms with Crippen LogP contribution in [0.5, 0.6) is 0 Å². The zero-order valence-corrected chi connectivity index (χ0v) is 23.7. The molecule has 0 unspecified atom stereocenters. The van der Waals surface area contributed by atoms with E-state index in [0.717, 1.165) is 73.4 Å². The number of anilines is 2. The molecule has 8 nitrogen and oxygen atoms in total. The molecular weight excluding hydrogens is 552 g/mol. The molecule has 1 aromatic heterocycles. The lowest BCUT2D eigenvalue weighted by Crippen LogP contribution is -2.40. The van der Waals surface area contributed by atoms with E-state index in [-0.39, 0.29) is 16.9 Å². The molecule has 222 valence electrons. The predicted octanol–water partition coefficient (Wildman–Crippen LogP) is 5.70. The lowest BCUT2D eigenvalue weighted by atomic mass is 10.1. The van der Waals surface area contributed by atoms with E-state index in [9.17, 15) is 27.2 Å². The van der Waals surface area contributed by atoms with E-state index in [1.165, 1.54) is 18.2 Å². The Morgan fingerprint density at radius 2 is 1.76 bits per heavy atom. The first-order valence-electron chi connectivity index (χ1n) is 13.3. The summed E-state index contributed by atoms with van der Waals surface area (Å²) in [5.41, 5.74) is 2.21. The van der Waals surface area contributed by atoms with Crippen LogP contribution in [0.4, 0.5) is 28.9 Å². The van der Waals surface area contributed by atoms with Crippen molar-refractivity contribution in [3.63, 3.8) is 0 Å². The molecule has 2 aromatic carbocycles. The standard InChI is InChI=1S/C30H32F4N6O2/c1-5-18(2)24(15-22-17-39(3)12-13-40(22)4)35-27-16-25(37-38-29(27)42)20-8-11-23(31)26(14-20)36-28(41)19-6-9-21(10-7-19)30(32,33)34/h6-11,14-16H,5,12-13,17H2,1-4H3,(H,35,37)(H,36,41)(H,38,42)/b22-15-,24-18?. The third-order valence-electron chi connectivity index (χ3n) is 7.10. The Balaban J connectivity index is 1.60. The molecular formula is C30H32F4N6O2. The van der Waals surface area contributed by atoms with Crippen LogP contribution in [0.15, 0.2) is 76.4 Å². The van der Waals surface area contributed by atoms with Gasteiger partial charge in [-0.1, -0.05) is 12.5 Å². The molecule has 1 saturated heterocycles. The lowest BCUT2D eigenvalue weighted by molar-refractivity contribution is -0.137. The van der Waals surface area contributed by atoms with Crippen LogP contribution in [0.2, 0.25) is 0 Å². The number of aromatic nitrogens is 2. The first-order chi connectivity index (χ1) is 19.8. The number of hydrogen-bond donors (Lipinski definition) is 3. The average Bonchev–Trinajstić information content (AvgIpc) is 2.96. The summed E-state index contributed by atoms with van der Waals surface area (Å²) in [6, 6.07) is 9.04. The fourth-order valence-corrected chi connectivity index (χ4v) is 4.30. The first-order valence-corrected chi connectivity index (χ1v) is 13.3. The van der Waals surface area contributed by atoms with E-state index in [0.29, 0.717) is 11.3 Å². The third kappa shape index (κ3) is 7.24. The molecule has 1 fully saturated rings. The summed E-state index contributed by atoms with van der Waals surface area (Å²) in [5.74, 6) is -1.54. The van der Waals surface area contributed by atoms with Gasteiger partial charge in [0.1, 0.15) is 11.5 Å². The number of piperazine rings is 1. The van der Waals surface area contributed by atoms with Gasteiger partial charge in [0.25, 0.3) is 11.5 Å². The number of likely N-dealkylation sites (N-methyl/N-ethyl adjacent to an activating group) is 2. The largest absolute Gasteiger partial charge is 0.416 e. The van der Waals surface area contributed by atoms with Crippen molar-refractivity contribution < 1.29 is 22.4 Å². The molecule has 12 heteroatoms. The highest BCUT2D eigenvalue weighted by atomic mass is 19.4. The number of halogens is 4. The summed E-state index contributed by atoms with van der Waals surface area (Å²) >= 11 is 0. The normalized spacial score (nSPS) is 15.9. The number of aromatic amines is 1. The molecule has 2 heterocycles. The molecule has 0 atom stereocenters. The Morgan fingerprint density at radius 3 is 2.43 bits per heavy atom. The summed E-state index contributed by atoms with van der Waals surface area (Å²) in [4.78, 5) is 29.8. The summed E-state index contributed by atoms with van der Waals surface area (Å²) in [6.07, 6.45) is -1.76. The zero-order valence-electron chi connectivity index (χ0n) is 23.7. The van der Waals surface area contributed by atoms with Crippen LogP contribution in [0.3, 0.4) is 0 Å². The minimum absolute atomic E-state index is 0.0732. The molecule has 0 aliphatic carbocycles. The molecule has 1 aliphatic rings. The number of carbonyl (C=O) groups excluding carboxylic acids is 1. The van der Waals surface area contributed by atoms with E-state index in [1.54, 1.807) is 0 Å².